The number of nitrogens with zero attached hydrogens (tertiary/aromatic N) is 2. The number of rotatable bonds is 4. The minimum absolute atomic E-state index is 0.691. The van der Waals surface area contributed by atoms with Crippen LogP contribution in [0.25, 0.3) is 0 Å². The maximum atomic E-state index is 4.16. The fourth-order valence-electron chi connectivity index (χ4n) is 2.13. The molecule has 0 spiro atoms. The fraction of sp³-hybridized carbons (Fsp3) is 0.800. The van der Waals surface area contributed by atoms with Gasteiger partial charge in [0.25, 0.3) is 0 Å². The predicted octanol–water partition coefficient (Wildman–Crippen LogP) is 1.82. The van der Waals surface area contributed by atoms with Gasteiger partial charge >= 0.3 is 0 Å². The van der Waals surface area contributed by atoms with Gasteiger partial charge in [-0.3, -0.25) is 5.10 Å². The number of H-pyrrole nitrogens is 1. The molecule has 1 aromatic rings. The molecule has 4 nitrogen and oxygen atoms in total. The van der Waals surface area contributed by atoms with Crippen LogP contribution in [0, 0.1) is 0 Å². The van der Waals surface area contributed by atoms with Crippen LogP contribution in [0.2, 0.25) is 0 Å². The Morgan fingerprint density at radius 1 is 1.60 bits per heavy atom. The van der Waals surface area contributed by atoms with Crippen LogP contribution >= 0.6 is 11.8 Å². The summed E-state index contributed by atoms with van der Waals surface area (Å²) in [6, 6.07) is 0.698. The molecule has 84 valence electrons. The average Bonchev–Trinajstić information content (AvgIpc) is 2.71. The number of thioether (sulfide) groups is 1. The van der Waals surface area contributed by atoms with Crippen molar-refractivity contribution in [3.63, 3.8) is 0 Å². The molecule has 1 fully saturated rings. The monoisotopic (exact) mass is 226 g/mol. The molecule has 2 rings (SSSR count). The van der Waals surface area contributed by atoms with Crippen molar-refractivity contribution in [3.8, 4) is 0 Å². The zero-order chi connectivity index (χ0) is 10.5. The lowest BCUT2D eigenvalue weighted by Gasteiger charge is -2.28. The number of nitrogens with one attached hydrogen (secondary N) is 2. The second kappa shape index (κ2) is 5.51. The molecule has 2 unspecified atom stereocenters. The number of hydrogen-bond donors (Lipinski definition) is 2. The van der Waals surface area contributed by atoms with E-state index in [0.717, 1.165) is 11.7 Å². The molecule has 0 amide bonds. The van der Waals surface area contributed by atoms with Gasteiger partial charge in [0.05, 0.1) is 0 Å². The summed E-state index contributed by atoms with van der Waals surface area (Å²) in [5, 5.41) is 12.0. The number of aromatic nitrogens is 3. The Bertz CT molecular complexity index is 273. The lowest BCUT2D eigenvalue weighted by atomic mass is 9.95. The first-order valence-corrected chi connectivity index (χ1v) is 6.52. The predicted molar refractivity (Wildman–Crippen MR) is 62.0 cm³/mol. The standard InChI is InChI=1S/C10H18N4S/c1-2-11-8-4-3-5-9(6-8)15-10-12-7-13-14-10/h7-9,11H,2-6H2,1H3,(H,12,13,14). The zero-order valence-corrected chi connectivity index (χ0v) is 9.89. The Labute approximate surface area is 94.6 Å². The minimum atomic E-state index is 0.691. The molecule has 0 radical (unpaired) electrons. The van der Waals surface area contributed by atoms with Gasteiger partial charge in [0.15, 0.2) is 5.16 Å². The van der Waals surface area contributed by atoms with Gasteiger partial charge in [-0.25, -0.2) is 4.98 Å². The molecule has 1 saturated carbocycles. The summed E-state index contributed by atoms with van der Waals surface area (Å²) in [7, 11) is 0. The van der Waals surface area contributed by atoms with E-state index in [9.17, 15) is 0 Å². The molecular weight excluding hydrogens is 208 g/mol. The van der Waals surface area contributed by atoms with Crippen LogP contribution in [0.4, 0.5) is 0 Å². The van der Waals surface area contributed by atoms with E-state index in [1.54, 1.807) is 6.33 Å². The van der Waals surface area contributed by atoms with Crippen LogP contribution in [-0.4, -0.2) is 33.0 Å². The van der Waals surface area contributed by atoms with Crippen molar-refractivity contribution in [2.45, 2.75) is 49.1 Å². The van der Waals surface area contributed by atoms with E-state index in [1.807, 2.05) is 11.8 Å². The first-order valence-electron chi connectivity index (χ1n) is 5.64. The topological polar surface area (TPSA) is 53.6 Å². The Hall–Kier alpha value is -0.550. The zero-order valence-electron chi connectivity index (χ0n) is 9.07. The van der Waals surface area contributed by atoms with Gasteiger partial charge in [0, 0.05) is 11.3 Å². The summed E-state index contributed by atoms with van der Waals surface area (Å²) in [4.78, 5) is 4.16. The summed E-state index contributed by atoms with van der Waals surface area (Å²) in [5.41, 5.74) is 0. The van der Waals surface area contributed by atoms with Gasteiger partial charge in [-0.05, 0) is 25.8 Å². The summed E-state index contributed by atoms with van der Waals surface area (Å²) in [6.07, 6.45) is 6.77. The van der Waals surface area contributed by atoms with Gasteiger partial charge in [0.2, 0.25) is 0 Å². The lowest BCUT2D eigenvalue weighted by Crippen LogP contribution is -2.34. The highest BCUT2D eigenvalue weighted by atomic mass is 32.2. The molecule has 0 saturated heterocycles. The molecule has 2 N–H and O–H groups in total. The summed E-state index contributed by atoms with van der Waals surface area (Å²) in [6.45, 7) is 3.25. The highest BCUT2D eigenvalue weighted by molar-refractivity contribution is 7.99. The number of aromatic amines is 1. The van der Waals surface area contributed by atoms with Crippen molar-refractivity contribution in [2.75, 3.05) is 6.54 Å². The van der Waals surface area contributed by atoms with Crippen LogP contribution in [0.5, 0.6) is 0 Å². The second-order valence-corrected chi connectivity index (χ2v) is 5.24. The van der Waals surface area contributed by atoms with E-state index in [1.165, 1.54) is 25.7 Å². The quantitative estimate of drug-likeness (QED) is 0.822. The van der Waals surface area contributed by atoms with Gasteiger partial charge in [-0.1, -0.05) is 25.1 Å². The van der Waals surface area contributed by atoms with Gasteiger partial charge in [-0.15, -0.1) is 0 Å². The molecule has 0 aromatic carbocycles. The summed E-state index contributed by atoms with van der Waals surface area (Å²) in [5.74, 6) is 0. The van der Waals surface area contributed by atoms with Crippen LogP contribution in [0.15, 0.2) is 11.5 Å². The molecule has 1 aliphatic carbocycles. The first-order chi connectivity index (χ1) is 7.38. The third-order valence-electron chi connectivity index (χ3n) is 2.79. The van der Waals surface area contributed by atoms with Gasteiger partial charge in [0.1, 0.15) is 6.33 Å². The lowest BCUT2D eigenvalue weighted by molar-refractivity contribution is 0.387. The van der Waals surface area contributed by atoms with E-state index in [4.69, 9.17) is 0 Å². The highest BCUT2D eigenvalue weighted by Gasteiger charge is 2.22. The Balaban J connectivity index is 1.82. The van der Waals surface area contributed by atoms with Crippen LogP contribution in [-0.2, 0) is 0 Å². The van der Waals surface area contributed by atoms with Gasteiger partial charge in [-0.2, -0.15) is 5.10 Å². The molecule has 15 heavy (non-hydrogen) atoms. The molecule has 1 aromatic heterocycles. The maximum Gasteiger partial charge on any atom is 0.183 e. The fourth-order valence-corrected chi connectivity index (χ4v) is 3.28. The number of hydrogen-bond acceptors (Lipinski definition) is 4. The van der Waals surface area contributed by atoms with E-state index in [0.29, 0.717) is 11.3 Å². The molecule has 0 aliphatic heterocycles. The van der Waals surface area contributed by atoms with Crippen molar-refractivity contribution in [1.82, 2.24) is 20.5 Å². The molecule has 2 atom stereocenters. The third-order valence-corrected chi connectivity index (χ3v) is 3.97. The largest absolute Gasteiger partial charge is 0.314 e. The SMILES string of the molecule is CCNC1CCCC(Sc2ncn[nH]2)C1. The van der Waals surface area contributed by atoms with Crippen LogP contribution in [0.3, 0.4) is 0 Å². The van der Waals surface area contributed by atoms with Crippen molar-refractivity contribution in [1.29, 1.82) is 0 Å². The average molecular weight is 226 g/mol. The summed E-state index contributed by atoms with van der Waals surface area (Å²) >= 11 is 1.83. The molecular formula is C10H18N4S. The minimum Gasteiger partial charge on any atom is -0.314 e. The Kier molecular flexibility index (Phi) is 4.02. The molecule has 5 heteroatoms. The normalized spacial score (nSPS) is 26.7. The maximum absolute atomic E-state index is 4.16. The van der Waals surface area contributed by atoms with E-state index in [-0.39, 0.29) is 0 Å². The first kappa shape index (κ1) is 11.0. The van der Waals surface area contributed by atoms with Crippen LogP contribution in [0.1, 0.15) is 32.6 Å². The van der Waals surface area contributed by atoms with Crippen molar-refractivity contribution < 1.29 is 0 Å². The second-order valence-electron chi connectivity index (χ2n) is 3.95. The smallest absolute Gasteiger partial charge is 0.183 e. The molecule has 0 bridgehead atoms. The summed E-state index contributed by atoms with van der Waals surface area (Å²) < 4.78 is 0. The Morgan fingerprint density at radius 3 is 3.27 bits per heavy atom. The highest BCUT2D eigenvalue weighted by Crippen LogP contribution is 2.31. The van der Waals surface area contributed by atoms with Crippen molar-refractivity contribution >= 4 is 11.8 Å². The van der Waals surface area contributed by atoms with Crippen LogP contribution < -0.4 is 5.32 Å². The van der Waals surface area contributed by atoms with E-state index >= 15 is 0 Å². The molecule has 1 aliphatic rings. The third kappa shape index (κ3) is 3.21. The van der Waals surface area contributed by atoms with E-state index < -0.39 is 0 Å². The van der Waals surface area contributed by atoms with Gasteiger partial charge < -0.3 is 5.32 Å². The Morgan fingerprint density at radius 2 is 2.53 bits per heavy atom. The molecule has 1 heterocycles. The van der Waals surface area contributed by atoms with E-state index in [2.05, 4.69) is 27.4 Å². The van der Waals surface area contributed by atoms with Crippen molar-refractivity contribution in [3.05, 3.63) is 6.33 Å². The van der Waals surface area contributed by atoms with Crippen molar-refractivity contribution in [2.24, 2.45) is 0 Å².